The largest absolute Gasteiger partial charge is 0.507 e. The van der Waals surface area contributed by atoms with Crippen molar-refractivity contribution in [2.75, 3.05) is 18.6 Å². The molecule has 1 aliphatic heterocycles. The first-order valence-corrected chi connectivity index (χ1v) is 12.3. The zero-order valence-corrected chi connectivity index (χ0v) is 20.8. The van der Waals surface area contributed by atoms with E-state index in [4.69, 9.17) is 9.47 Å². The van der Waals surface area contributed by atoms with E-state index in [9.17, 15) is 14.7 Å². The zero-order chi connectivity index (χ0) is 25.4. The van der Waals surface area contributed by atoms with E-state index in [1.165, 1.54) is 23.3 Å². The summed E-state index contributed by atoms with van der Waals surface area (Å²) in [4.78, 5) is 32.9. The highest BCUT2D eigenvalue weighted by molar-refractivity contribution is 7.22. The number of thiazole rings is 1. The van der Waals surface area contributed by atoms with Gasteiger partial charge < -0.3 is 14.6 Å². The molecule has 8 heteroatoms. The lowest BCUT2D eigenvalue weighted by atomic mass is 9.95. The van der Waals surface area contributed by atoms with Crippen LogP contribution in [0.1, 0.15) is 29.7 Å². The molecule has 7 nitrogen and oxygen atoms in total. The molecule has 4 aromatic rings. The van der Waals surface area contributed by atoms with E-state index in [2.05, 4.69) is 4.98 Å². The summed E-state index contributed by atoms with van der Waals surface area (Å²) in [5.74, 6) is -0.768. The maximum absolute atomic E-state index is 13.4. The Morgan fingerprint density at radius 1 is 1.06 bits per heavy atom. The molecule has 5 rings (SSSR count). The van der Waals surface area contributed by atoms with E-state index in [1.54, 1.807) is 42.5 Å². The van der Waals surface area contributed by atoms with Gasteiger partial charge in [0.1, 0.15) is 5.76 Å². The molecule has 3 aromatic carbocycles. The summed E-state index contributed by atoms with van der Waals surface area (Å²) in [5, 5.41) is 11.6. The standard InChI is InChI=1S/C28H24N2O5S/c1-4-35-20-13-11-18(15-21(20)34-3)24-23(25(31)17-8-6-5-7-9-17)26(32)27(33)30(24)28-29-19-12-10-16(2)14-22(19)36-28/h5-15,24,31H,4H2,1-3H3/b25-23+. The fraction of sp³-hybridized carbons (Fsp3) is 0.179. The molecule has 0 bridgehead atoms. The van der Waals surface area contributed by atoms with Crippen LogP contribution in [-0.4, -0.2) is 35.5 Å². The van der Waals surface area contributed by atoms with E-state index < -0.39 is 17.7 Å². The fourth-order valence-corrected chi connectivity index (χ4v) is 5.44. The zero-order valence-electron chi connectivity index (χ0n) is 20.0. The summed E-state index contributed by atoms with van der Waals surface area (Å²) in [7, 11) is 1.53. The number of carbonyl (C=O) groups excluding carboxylic acids is 2. The monoisotopic (exact) mass is 500 g/mol. The van der Waals surface area contributed by atoms with Crippen LogP contribution in [0.15, 0.2) is 72.3 Å². The van der Waals surface area contributed by atoms with Gasteiger partial charge in [-0.25, -0.2) is 4.98 Å². The molecule has 2 heterocycles. The summed E-state index contributed by atoms with van der Waals surface area (Å²) in [6.45, 7) is 4.31. The molecule has 1 aliphatic rings. The minimum absolute atomic E-state index is 0.00662. The second kappa shape index (κ2) is 9.47. The lowest BCUT2D eigenvalue weighted by molar-refractivity contribution is -0.132. The number of ketones is 1. The number of methoxy groups -OCH3 is 1. The Morgan fingerprint density at radius 3 is 2.56 bits per heavy atom. The number of rotatable bonds is 6. The third-order valence-electron chi connectivity index (χ3n) is 6.03. The third kappa shape index (κ3) is 3.99. The van der Waals surface area contributed by atoms with Crippen molar-refractivity contribution in [3.8, 4) is 11.5 Å². The molecule has 0 aliphatic carbocycles. The van der Waals surface area contributed by atoms with Crippen LogP contribution in [0.4, 0.5) is 5.13 Å². The van der Waals surface area contributed by atoms with Crippen LogP contribution in [0.5, 0.6) is 11.5 Å². The van der Waals surface area contributed by atoms with Crippen molar-refractivity contribution in [3.63, 3.8) is 0 Å². The number of Topliss-reactive ketones (excluding diaryl/α,β-unsaturated/α-hetero) is 1. The maximum Gasteiger partial charge on any atom is 0.301 e. The molecule has 1 amide bonds. The average molecular weight is 501 g/mol. The van der Waals surface area contributed by atoms with Gasteiger partial charge in [-0.2, -0.15) is 0 Å². The normalized spacial score (nSPS) is 17.1. The van der Waals surface area contributed by atoms with Crippen molar-refractivity contribution in [2.24, 2.45) is 0 Å². The summed E-state index contributed by atoms with van der Waals surface area (Å²) in [6, 6.07) is 18.9. The second-order valence-electron chi connectivity index (χ2n) is 8.35. The molecule has 0 spiro atoms. The van der Waals surface area contributed by atoms with Crippen LogP contribution in [0.3, 0.4) is 0 Å². The van der Waals surface area contributed by atoms with Gasteiger partial charge in [0.15, 0.2) is 16.6 Å². The Kier molecular flexibility index (Phi) is 6.20. The van der Waals surface area contributed by atoms with Crippen molar-refractivity contribution >= 4 is 44.1 Å². The van der Waals surface area contributed by atoms with Crippen molar-refractivity contribution < 1.29 is 24.2 Å². The number of amides is 1. The van der Waals surface area contributed by atoms with Crippen LogP contribution >= 0.6 is 11.3 Å². The Bertz CT molecular complexity index is 1510. The first-order valence-electron chi connectivity index (χ1n) is 11.5. The molecule has 0 radical (unpaired) electrons. The van der Waals surface area contributed by atoms with Crippen molar-refractivity contribution in [1.82, 2.24) is 4.98 Å². The average Bonchev–Trinajstić information content (AvgIpc) is 3.42. The topological polar surface area (TPSA) is 89.0 Å². The van der Waals surface area contributed by atoms with Gasteiger partial charge in [-0.1, -0.05) is 53.8 Å². The molecular weight excluding hydrogens is 476 g/mol. The van der Waals surface area contributed by atoms with Crippen LogP contribution in [0.25, 0.3) is 16.0 Å². The second-order valence-corrected chi connectivity index (χ2v) is 9.36. The van der Waals surface area contributed by atoms with E-state index in [1.807, 2.05) is 38.1 Å². The van der Waals surface area contributed by atoms with Crippen LogP contribution in [0.2, 0.25) is 0 Å². The number of aliphatic hydroxyl groups excluding tert-OH is 1. The number of hydrogen-bond donors (Lipinski definition) is 1. The molecule has 1 N–H and O–H groups in total. The van der Waals surface area contributed by atoms with Crippen LogP contribution in [-0.2, 0) is 9.59 Å². The highest BCUT2D eigenvalue weighted by atomic mass is 32.1. The first-order chi connectivity index (χ1) is 17.4. The highest BCUT2D eigenvalue weighted by Crippen LogP contribution is 2.45. The smallest absolute Gasteiger partial charge is 0.301 e. The summed E-state index contributed by atoms with van der Waals surface area (Å²) in [5.41, 5.74) is 2.82. The number of nitrogens with zero attached hydrogens (tertiary/aromatic N) is 2. The fourth-order valence-electron chi connectivity index (χ4n) is 4.35. The third-order valence-corrected chi connectivity index (χ3v) is 7.05. The Labute approximate surface area is 212 Å². The van der Waals surface area contributed by atoms with Crippen LogP contribution < -0.4 is 14.4 Å². The number of anilines is 1. The van der Waals surface area contributed by atoms with Gasteiger partial charge in [-0.05, 0) is 49.2 Å². The molecule has 1 atom stereocenters. The summed E-state index contributed by atoms with van der Waals surface area (Å²) in [6.07, 6.45) is 0. The minimum atomic E-state index is -0.906. The number of hydrogen-bond acceptors (Lipinski definition) is 7. The summed E-state index contributed by atoms with van der Waals surface area (Å²) < 4.78 is 12.1. The van der Waals surface area contributed by atoms with Crippen molar-refractivity contribution in [1.29, 1.82) is 0 Å². The molecule has 36 heavy (non-hydrogen) atoms. The molecule has 1 aromatic heterocycles. The van der Waals surface area contributed by atoms with Gasteiger partial charge in [0, 0.05) is 5.56 Å². The van der Waals surface area contributed by atoms with Gasteiger partial charge in [0.2, 0.25) is 0 Å². The molecule has 1 saturated heterocycles. The Morgan fingerprint density at radius 2 is 1.83 bits per heavy atom. The highest BCUT2D eigenvalue weighted by Gasteiger charge is 2.48. The predicted octanol–water partition coefficient (Wildman–Crippen LogP) is 5.64. The minimum Gasteiger partial charge on any atom is -0.507 e. The number of aliphatic hydroxyl groups is 1. The number of aromatic nitrogens is 1. The molecule has 182 valence electrons. The maximum atomic E-state index is 13.4. The van der Waals surface area contributed by atoms with Crippen molar-refractivity contribution in [3.05, 3.63) is 89.0 Å². The Balaban J connectivity index is 1.73. The molecule has 0 saturated carbocycles. The number of fused-ring (bicyclic) bond motifs is 1. The van der Waals surface area contributed by atoms with Crippen LogP contribution in [0, 0.1) is 6.92 Å². The van der Waals surface area contributed by atoms with E-state index >= 15 is 0 Å². The lowest BCUT2D eigenvalue weighted by Crippen LogP contribution is -2.29. The quantitative estimate of drug-likeness (QED) is 0.209. The molecular formula is C28H24N2O5S. The SMILES string of the molecule is CCOc1ccc(C2/C(=C(\O)c3ccccc3)C(=O)C(=O)N2c2nc3ccc(C)cc3s2)cc1OC. The van der Waals surface area contributed by atoms with Crippen molar-refractivity contribution in [2.45, 2.75) is 19.9 Å². The molecule has 1 fully saturated rings. The predicted molar refractivity (Wildman–Crippen MR) is 140 cm³/mol. The summed E-state index contributed by atoms with van der Waals surface area (Å²) >= 11 is 1.33. The van der Waals surface area contributed by atoms with Gasteiger partial charge >= 0.3 is 5.91 Å². The van der Waals surface area contributed by atoms with Gasteiger partial charge in [-0.15, -0.1) is 0 Å². The van der Waals surface area contributed by atoms with E-state index in [0.29, 0.717) is 34.4 Å². The number of benzene rings is 3. The number of carbonyl (C=O) groups is 2. The number of aryl methyl sites for hydroxylation is 1. The lowest BCUT2D eigenvalue weighted by Gasteiger charge is -2.24. The van der Waals surface area contributed by atoms with Gasteiger partial charge in [0.05, 0.1) is 35.5 Å². The molecule has 1 unspecified atom stereocenters. The first kappa shape index (κ1) is 23.6. The number of ether oxygens (including phenoxy) is 2. The van der Waals surface area contributed by atoms with Gasteiger partial charge in [0.25, 0.3) is 5.78 Å². The van der Waals surface area contributed by atoms with Gasteiger partial charge in [-0.3, -0.25) is 14.5 Å². The van der Waals surface area contributed by atoms with E-state index in [0.717, 1.165) is 15.8 Å². The van der Waals surface area contributed by atoms with E-state index in [-0.39, 0.29) is 11.3 Å². The Hall–Kier alpha value is -4.17.